The van der Waals surface area contributed by atoms with Crippen LogP contribution in [0.25, 0.3) is 11.8 Å². The monoisotopic (exact) mass is 490 g/mol. The molecular weight excluding hydrogens is 475 g/mol. The number of rotatable bonds is 4. The molecule has 4 rings (SSSR count). The number of imide groups is 1. The number of aromatic nitrogens is 1. The Morgan fingerprint density at radius 2 is 1.65 bits per heavy atom. The van der Waals surface area contributed by atoms with E-state index < -0.39 is 0 Å². The van der Waals surface area contributed by atoms with Crippen molar-refractivity contribution in [2.24, 2.45) is 0 Å². The maximum atomic E-state index is 12.9. The Hall–Kier alpha value is -2.18. The maximum absolute atomic E-state index is 12.9. The lowest BCUT2D eigenvalue weighted by molar-refractivity contribution is -0.123. The number of thioether (sulfide) groups is 1. The van der Waals surface area contributed by atoms with E-state index in [9.17, 15) is 9.59 Å². The lowest BCUT2D eigenvalue weighted by Gasteiger charge is -2.12. The molecule has 0 aliphatic carbocycles. The van der Waals surface area contributed by atoms with E-state index in [-0.39, 0.29) is 17.7 Å². The van der Waals surface area contributed by atoms with E-state index in [1.807, 2.05) is 42.7 Å². The minimum absolute atomic E-state index is 0.183. The Balaban J connectivity index is 1.65. The summed E-state index contributed by atoms with van der Waals surface area (Å²) in [6.45, 7) is 4.09. The zero-order chi connectivity index (χ0) is 22.3. The molecule has 0 bridgehead atoms. The van der Waals surface area contributed by atoms with Crippen molar-refractivity contribution < 1.29 is 9.59 Å². The number of halogens is 3. The summed E-state index contributed by atoms with van der Waals surface area (Å²) in [6.07, 6.45) is 1.76. The van der Waals surface area contributed by atoms with Gasteiger partial charge in [0.25, 0.3) is 11.1 Å². The van der Waals surface area contributed by atoms with Gasteiger partial charge >= 0.3 is 0 Å². The molecular formula is C23H17Cl3N2O2S. The van der Waals surface area contributed by atoms with E-state index in [1.54, 1.807) is 30.3 Å². The summed E-state index contributed by atoms with van der Waals surface area (Å²) in [5.41, 5.74) is 4.35. The summed E-state index contributed by atoms with van der Waals surface area (Å²) >= 11 is 19.3. The first-order valence-electron chi connectivity index (χ1n) is 9.38. The van der Waals surface area contributed by atoms with Gasteiger partial charge in [-0.15, -0.1) is 0 Å². The Kier molecular flexibility index (Phi) is 6.22. The van der Waals surface area contributed by atoms with Gasteiger partial charge in [0.05, 0.1) is 11.4 Å². The van der Waals surface area contributed by atoms with E-state index in [4.69, 9.17) is 34.8 Å². The van der Waals surface area contributed by atoms with Crippen LogP contribution in [-0.4, -0.2) is 20.6 Å². The molecule has 0 atom stereocenters. The first-order valence-corrected chi connectivity index (χ1v) is 11.3. The van der Waals surface area contributed by atoms with Crippen LogP contribution in [0.15, 0.2) is 53.4 Å². The highest BCUT2D eigenvalue weighted by molar-refractivity contribution is 8.18. The van der Waals surface area contributed by atoms with E-state index in [1.165, 1.54) is 4.90 Å². The first-order chi connectivity index (χ1) is 14.7. The summed E-state index contributed by atoms with van der Waals surface area (Å²) in [4.78, 5) is 27.0. The summed E-state index contributed by atoms with van der Waals surface area (Å²) in [5.74, 6) is -0.314. The number of benzene rings is 2. The van der Waals surface area contributed by atoms with Crippen LogP contribution >= 0.6 is 46.6 Å². The fraction of sp³-hybridized carbons (Fsp3) is 0.130. The van der Waals surface area contributed by atoms with E-state index in [0.29, 0.717) is 20.0 Å². The van der Waals surface area contributed by atoms with Crippen molar-refractivity contribution in [3.8, 4) is 5.69 Å². The molecule has 1 aliphatic rings. The Morgan fingerprint density at radius 1 is 0.935 bits per heavy atom. The van der Waals surface area contributed by atoms with E-state index >= 15 is 0 Å². The van der Waals surface area contributed by atoms with Gasteiger partial charge in [0.15, 0.2) is 0 Å². The number of aryl methyl sites for hydroxylation is 1. The molecule has 8 heteroatoms. The van der Waals surface area contributed by atoms with Crippen LogP contribution in [0.4, 0.5) is 4.79 Å². The second-order valence-corrected chi connectivity index (χ2v) is 9.49. The number of amides is 2. The highest BCUT2D eigenvalue weighted by Gasteiger charge is 2.35. The normalized spacial score (nSPS) is 15.4. The highest BCUT2D eigenvalue weighted by Crippen LogP contribution is 2.35. The van der Waals surface area contributed by atoms with Crippen LogP contribution in [0.3, 0.4) is 0 Å². The van der Waals surface area contributed by atoms with Crippen molar-refractivity contribution in [1.29, 1.82) is 0 Å². The van der Waals surface area contributed by atoms with Gasteiger partial charge in [-0.3, -0.25) is 14.5 Å². The fourth-order valence-electron chi connectivity index (χ4n) is 3.59. The average Bonchev–Trinajstić information content (AvgIpc) is 3.11. The summed E-state index contributed by atoms with van der Waals surface area (Å²) in [5, 5.41) is 1.34. The second kappa shape index (κ2) is 8.75. The van der Waals surface area contributed by atoms with Crippen LogP contribution in [0.2, 0.25) is 15.1 Å². The largest absolute Gasteiger partial charge is 0.318 e. The molecule has 2 aromatic carbocycles. The first kappa shape index (κ1) is 22.0. The SMILES string of the molecule is Cc1cc(/C=C2\SC(=O)N(Cc3cccc(Cl)c3)C2=O)c(C)n1-c1cc(Cl)cc(Cl)c1. The molecule has 31 heavy (non-hydrogen) atoms. The van der Waals surface area contributed by atoms with Gasteiger partial charge in [0, 0.05) is 32.1 Å². The summed E-state index contributed by atoms with van der Waals surface area (Å²) in [6, 6.07) is 14.4. The molecule has 1 saturated heterocycles. The van der Waals surface area contributed by atoms with E-state index in [2.05, 4.69) is 0 Å². The summed E-state index contributed by atoms with van der Waals surface area (Å²) < 4.78 is 2.01. The second-order valence-electron chi connectivity index (χ2n) is 7.19. The van der Waals surface area contributed by atoms with Crippen molar-refractivity contribution >= 4 is 63.8 Å². The molecule has 0 spiro atoms. The average molecular weight is 492 g/mol. The third-order valence-corrected chi connectivity index (χ3v) is 6.54. The minimum Gasteiger partial charge on any atom is -0.318 e. The predicted molar refractivity (Wildman–Crippen MR) is 128 cm³/mol. The van der Waals surface area contributed by atoms with Crippen LogP contribution in [-0.2, 0) is 11.3 Å². The minimum atomic E-state index is -0.314. The Morgan fingerprint density at radius 3 is 2.32 bits per heavy atom. The van der Waals surface area contributed by atoms with Crippen molar-refractivity contribution in [1.82, 2.24) is 9.47 Å². The zero-order valence-electron chi connectivity index (χ0n) is 16.7. The summed E-state index contributed by atoms with van der Waals surface area (Å²) in [7, 11) is 0. The highest BCUT2D eigenvalue weighted by atomic mass is 35.5. The molecule has 1 aromatic heterocycles. The number of nitrogens with zero attached hydrogens (tertiary/aromatic N) is 2. The van der Waals surface area contributed by atoms with Gasteiger partial charge in [-0.05, 0) is 79.2 Å². The molecule has 0 saturated carbocycles. The maximum Gasteiger partial charge on any atom is 0.293 e. The molecule has 158 valence electrons. The van der Waals surface area contributed by atoms with Gasteiger partial charge in [-0.25, -0.2) is 0 Å². The number of carbonyl (C=O) groups excluding carboxylic acids is 2. The zero-order valence-corrected chi connectivity index (χ0v) is 19.7. The van der Waals surface area contributed by atoms with Gasteiger partial charge in [0.2, 0.25) is 0 Å². The molecule has 0 radical (unpaired) electrons. The Bertz CT molecular complexity index is 1230. The quantitative estimate of drug-likeness (QED) is 0.360. The topological polar surface area (TPSA) is 42.3 Å². The number of hydrogen-bond donors (Lipinski definition) is 0. The molecule has 0 unspecified atom stereocenters. The molecule has 1 fully saturated rings. The van der Waals surface area contributed by atoms with Gasteiger partial charge in [-0.1, -0.05) is 46.9 Å². The molecule has 2 heterocycles. The van der Waals surface area contributed by atoms with Crippen LogP contribution in [0, 0.1) is 13.8 Å². The van der Waals surface area contributed by atoms with Crippen LogP contribution < -0.4 is 0 Å². The van der Waals surface area contributed by atoms with Gasteiger partial charge < -0.3 is 4.57 Å². The van der Waals surface area contributed by atoms with Gasteiger partial charge in [0.1, 0.15) is 0 Å². The Labute approximate surface area is 199 Å². The molecule has 1 aliphatic heterocycles. The third kappa shape index (κ3) is 4.55. The number of hydrogen-bond acceptors (Lipinski definition) is 3. The van der Waals surface area contributed by atoms with Crippen molar-refractivity contribution in [3.63, 3.8) is 0 Å². The molecule has 3 aromatic rings. The molecule has 0 N–H and O–H groups in total. The third-order valence-electron chi connectivity index (χ3n) is 4.97. The van der Waals surface area contributed by atoms with Crippen LogP contribution in [0.5, 0.6) is 0 Å². The lowest BCUT2D eigenvalue weighted by Crippen LogP contribution is -2.27. The molecule has 4 nitrogen and oxygen atoms in total. The van der Waals surface area contributed by atoms with Crippen molar-refractivity contribution in [2.75, 3.05) is 0 Å². The van der Waals surface area contributed by atoms with Crippen LogP contribution in [0.1, 0.15) is 22.5 Å². The van der Waals surface area contributed by atoms with Crippen molar-refractivity contribution in [2.45, 2.75) is 20.4 Å². The lowest BCUT2D eigenvalue weighted by atomic mass is 10.2. The van der Waals surface area contributed by atoms with E-state index in [0.717, 1.165) is 40.0 Å². The van der Waals surface area contributed by atoms with Crippen molar-refractivity contribution in [3.05, 3.63) is 91.0 Å². The molecule has 2 amide bonds. The predicted octanol–water partition coefficient (Wildman–Crippen LogP) is 7.29. The number of carbonyl (C=O) groups is 2. The standard InChI is InChI=1S/C23H17Cl3N2O2S/c1-13-6-16(14(2)28(13)20-10-18(25)9-19(26)11-20)8-21-22(29)27(23(30)31-21)12-15-4-3-5-17(24)7-15/h3-11H,12H2,1-2H3/b21-8-. The van der Waals surface area contributed by atoms with Gasteiger partial charge in [-0.2, -0.15) is 0 Å². The fourth-order valence-corrected chi connectivity index (χ4v) is 5.15. The smallest absolute Gasteiger partial charge is 0.293 e.